The maximum absolute atomic E-state index is 11.9. The molecule has 0 aliphatic rings. The summed E-state index contributed by atoms with van der Waals surface area (Å²) in [5.41, 5.74) is 5.39. The van der Waals surface area contributed by atoms with Crippen LogP contribution in [0.1, 0.15) is 32.6 Å². The number of carbonyl (C=O) groups is 2. The minimum Gasteiger partial charge on any atom is -0.483 e. The fourth-order valence-corrected chi connectivity index (χ4v) is 1.90. The lowest BCUT2D eigenvalue weighted by atomic mass is 10.1. The molecule has 1 rings (SSSR count). The van der Waals surface area contributed by atoms with Crippen LogP contribution in [0.3, 0.4) is 0 Å². The standard InChI is InChI=1S/C15H20ClNO4/c1-10(21-12-8-6-11(16)7-9-12)14(18)5-3-2-4-13(17)15(19)20/h6-10,13H,2-5,17H2,1H3,(H,19,20). The minimum atomic E-state index is -1.01. The van der Waals surface area contributed by atoms with Crippen LogP contribution in [0.4, 0.5) is 0 Å². The Morgan fingerprint density at radius 3 is 2.48 bits per heavy atom. The molecule has 21 heavy (non-hydrogen) atoms. The number of nitrogens with two attached hydrogens (primary N) is 1. The predicted molar refractivity (Wildman–Crippen MR) is 80.6 cm³/mol. The average Bonchev–Trinajstić information content (AvgIpc) is 2.45. The molecule has 0 saturated heterocycles. The largest absolute Gasteiger partial charge is 0.483 e. The van der Waals surface area contributed by atoms with Crippen LogP contribution >= 0.6 is 11.6 Å². The second-order valence-electron chi connectivity index (χ2n) is 4.87. The Labute approximate surface area is 129 Å². The highest BCUT2D eigenvalue weighted by Crippen LogP contribution is 2.17. The molecule has 1 aromatic carbocycles. The number of rotatable bonds is 9. The lowest BCUT2D eigenvalue weighted by Crippen LogP contribution is -2.30. The SMILES string of the molecule is CC(Oc1ccc(Cl)cc1)C(=O)CCCCC(N)C(=O)O. The smallest absolute Gasteiger partial charge is 0.320 e. The van der Waals surface area contributed by atoms with E-state index < -0.39 is 18.1 Å². The predicted octanol–water partition coefficient (Wildman–Crippen LogP) is 2.65. The summed E-state index contributed by atoms with van der Waals surface area (Å²) in [4.78, 5) is 22.4. The molecule has 2 unspecified atom stereocenters. The van der Waals surface area contributed by atoms with Crippen molar-refractivity contribution in [2.75, 3.05) is 0 Å². The Bertz CT molecular complexity index is 475. The third kappa shape index (κ3) is 6.60. The van der Waals surface area contributed by atoms with E-state index in [9.17, 15) is 9.59 Å². The van der Waals surface area contributed by atoms with E-state index in [0.29, 0.717) is 36.5 Å². The number of unbranched alkanes of at least 4 members (excludes halogenated alkanes) is 1. The van der Waals surface area contributed by atoms with Gasteiger partial charge in [-0.3, -0.25) is 9.59 Å². The molecule has 2 atom stereocenters. The van der Waals surface area contributed by atoms with Gasteiger partial charge in [0.05, 0.1) is 0 Å². The molecule has 5 nitrogen and oxygen atoms in total. The first-order valence-corrected chi connectivity index (χ1v) is 7.21. The lowest BCUT2D eigenvalue weighted by Gasteiger charge is -2.14. The normalized spacial score (nSPS) is 13.5. The molecule has 0 bridgehead atoms. The van der Waals surface area contributed by atoms with Gasteiger partial charge in [0.25, 0.3) is 0 Å². The number of aliphatic carboxylic acids is 1. The van der Waals surface area contributed by atoms with Crippen LogP contribution in [0.25, 0.3) is 0 Å². The summed E-state index contributed by atoms with van der Waals surface area (Å²) in [6.07, 6.45) is 1.39. The first kappa shape index (κ1) is 17.5. The molecular formula is C15H20ClNO4. The van der Waals surface area contributed by atoms with Crippen LogP contribution in [-0.2, 0) is 9.59 Å². The second-order valence-corrected chi connectivity index (χ2v) is 5.31. The highest BCUT2D eigenvalue weighted by atomic mass is 35.5. The molecule has 0 aliphatic heterocycles. The molecule has 6 heteroatoms. The molecule has 0 radical (unpaired) electrons. The summed E-state index contributed by atoms with van der Waals surface area (Å²) < 4.78 is 5.52. The number of halogens is 1. The van der Waals surface area contributed by atoms with E-state index in [0.717, 1.165) is 0 Å². The van der Waals surface area contributed by atoms with Crippen LogP contribution in [0, 0.1) is 0 Å². The third-order valence-electron chi connectivity index (χ3n) is 3.09. The first-order valence-electron chi connectivity index (χ1n) is 6.83. The molecule has 0 saturated carbocycles. The van der Waals surface area contributed by atoms with Crippen LogP contribution < -0.4 is 10.5 Å². The van der Waals surface area contributed by atoms with E-state index in [1.165, 1.54) is 0 Å². The zero-order chi connectivity index (χ0) is 15.8. The molecule has 0 heterocycles. The zero-order valence-electron chi connectivity index (χ0n) is 11.9. The molecule has 0 amide bonds. The van der Waals surface area contributed by atoms with Crippen molar-refractivity contribution in [3.05, 3.63) is 29.3 Å². The van der Waals surface area contributed by atoms with Gasteiger partial charge in [0.1, 0.15) is 11.8 Å². The van der Waals surface area contributed by atoms with Gasteiger partial charge in [-0.15, -0.1) is 0 Å². The molecule has 0 spiro atoms. The summed E-state index contributed by atoms with van der Waals surface area (Å²) in [6, 6.07) is 5.95. The molecule has 0 aliphatic carbocycles. The monoisotopic (exact) mass is 313 g/mol. The van der Waals surface area contributed by atoms with E-state index >= 15 is 0 Å². The molecule has 3 N–H and O–H groups in total. The van der Waals surface area contributed by atoms with Gasteiger partial charge >= 0.3 is 5.97 Å². The summed E-state index contributed by atoms with van der Waals surface area (Å²) in [6.45, 7) is 1.69. The Morgan fingerprint density at radius 1 is 1.29 bits per heavy atom. The second kappa shape index (κ2) is 8.64. The number of carbonyl (C=O) groups excluding carboxylic acids is 1. The summed E-state index contributed by atoms with van der Waals surface area (Å²) in [5, 5.41) is 9.25. The van der Waals surface area contributed by atoms with Gasteiger partial charge in [-0.05, 0) is 44.0 Å². The average molecular weight is 314 g/mol. The van der Waals surface area contributed by atoms with E-state index in [4.69, 9.17) is 27.2 Å². The Balaban J connectivity index is 2.28. The zero-order valence-corrected chi connectivity index (χ0v) is 12.7. The number of hydrogen-bond donors (Lipinski definition) is 2. The Morgan fingerprint density at radius 2 is 1.90 bits per heavy atom. The fraction of sp³-hybridized carbons (Fsp3) is 0.467. The van der Waals surface area contributed by atoms with Gasteiger partial charge in [0.15, 0.2) is 11.9 Å². The van der Waals surface area contributed by atoms with Gasteiger partial charge in [-0.25, -0.2) is 0 Å². The maximum Gasteiger partial charge on any atom is 0.320 e. The van der Waals surface area contributed by atoms with Crippen LogP contribution in [-0.4, -0.2) is 29.0 Å². The maximum atomic E-state index is 11.9. The van der Waals surface area contributed by atoms with Crippen molar-refractivity contribution >= 4 is 23.4 Å². The number of hydrogen-bond acceptors (Lipinski definition) is 4. The summed E-state index contributed by atoms with van der Waals surface area (Å²) in [5.74, 6) is -0.442. The Hall–Kier alpha value is -1.59. The lowest BCUT2D eigenvalue weighted by molar-refractivity contribution is -0.138. The molecule has 116 valence electrons. The van der Waals surface area contributed by atoms with Crippen molar-refractivity contribution in [2.45, 2.75) is 44.8 Å². The van der Waals surface area contributed by atoms with E-state index in [2.05, 4.69) is 0 Å². The quantitative estimate of drug-likeness (QED) is 0.684. The van der Waals surface area contributed by atoms with Crippen molar-refractivity contribution in [2.24, 2.45) is 5.73 Å². The van der Waals surface area contributed by atoms with Crippen molar-refractivity contribution in [3.63, 3.8) is 0 Å². The summed E-state index contributed by atoms with van der Waals surface area (Å²) >= 11 is 5.77. The fourth-order valence-electron chi connectivity index (χ4n) is 1.77. The highest BCUT2D eigenvalue weighted by Gasteiger charge is 2.15. The van der Waals surface area contributed by atoms with Crippen molar-refractivity contribution < 1.29 is 19.4 Å². The number of ketones is 1. The molecule has 1 aromatic rings. The number of carboxylic acids is 1. The molecule has 0 fully saturated rings. The highest BCUT2D eigenvalue weighted by molar-refractivity contribution is 6.30. The van der Waals surface area contributed by atoms with Gasteiger partial charge in [0.2, 0.25) is 0 Å². The van der Waals surface area contributed by atoms with Crippen molar-refractivity contribution in [1.82, 2.24) is 0 Å². The van der Waals surface area contributed by atoms with Crippen LogP contribution in [0.5, 0.6) is 5.75 Å². The van der Waals surface area contributed by atoms with Gasteiger partial charge in [0, 0.05) is 11.4 Å². The van der Waals surface area contributed by atoms with E-state index in [1.807, 2.05) is 0 Å². The summed E-state index contributed by atoms with van der Waals surface area (Å²) in [7, 11) is 0. The van der Waals surface area contributed by atoms with Crippen molar-refractivity contribution in [1.29, 1.82) is 0 Å². The van der Waals surface area contributed by atoms with Gasteiger partial charge in [-0.1, -0.05) is 18.0 Å². The molecular weight excluding hydrogens is 294 g/mol. The number of carboxylic acid groups (broad SMARTS) is 1. The van der Waals surface area contributed by atoms with Gasteiger partial charge in [-0.2, -0.15) is 0 Å². The van der Waals surface area contributed by atoms with E-state index in [-0.39, 0.29) is 5.78 Å². The number of Topliss-reactive ketones (excluding diaryl/α,β-unsaturated/α-hetero) is 1. The molecule has 0 aromatic heterocycles. The van der Waals surface area contributed by atoms with Crippen molar-refractivity contribution in [3.8, 4) is 5.75 Å². The van der Waals surface area contributed by atoms with Crippen LogP contribution in [0.15, 0.2) is 24.3 Å². The van der Waals surface area contributed by atoms with Gasteiger partial charge < -0.3 is 15.6 Å². The Kier molecular flexibility index (Phi) is 7.19. The van der Waals surface area contributed by atoms with E-state index in [1.54, 1.807) is 31.2 Å². The van der Waals surface area contributed by atoms with Crippen LogP contribution in [0.2, 0.25) is 5.02 Å². The first-order chi connectivity index (χ1) is 9.90. The third-order valence-corrected chi connectivity index (χ3v) is 3.34. The topological polar surface area (TPSA) is 89.6 Å². The minimum absolute atomic E-state index is 0.0196. The number of ether oxygens (including phenoxy) is 1. The number of benzene rings is 1.